The van der Waals surface area contributed by atoms with Crippen molar-refractivity contribution in [3.63, 3.8) is 0 Å². The molecule has 2 N–H and O–H groups in total. The monoisotopic (exact) mass is 539 g/mol. The number of rotatable bonds is 12. The molecule has 0 aliphatic rings. The van der Waals surface area contributed by atoms with Crippen molar-refractivity contribution in [1.82, 2.24) is 10.7 Å². The first kappa shape index (κ1) is 28.2. The fourth-order valence-corrected chi connectivity index (χ4v) is 4.23. The minimum Gasteiger partial charge on any atom is -0.490 e. The molecule has 4 aromatic carbocycles. The third-order valence-electron chi connectivity index (χ3n) is 6.09. The first-order valence-electron chi connectivity index (χ1n) is 13.2. The lowest BCUT2D eigenvalue weighted by molar-refractivity contribution is -0.121. The predicted octanol–water partition coefficient (Wildman–Crippen LogP) is 6.15. The van der Waals surface area contributed by atoms with Crippen molar-refractivity contribution < 1.29 is 23.8 Å². The molecule has 0 fully saturated rings. The molecule has 0 saturated carbocycles. The number of fused-ring (bicyclic) bond motifs is 1. The minimum absolute atomic E-state index is 0.00862. The van der Waals surface area contributed by atoms with E-state index in [-0.39, 0.29) is 18.9 Å². The molecule has 2 amide bonds. The van der Waals surface area contributed by atoms with Gasteiger partial charge in [-0.3, -0.25) is 4.79 Å². The Labute approximate surface area is 234 Å². The van der Waals surface area contributed by atoms with Gasteiger partial charge in [-0.15, -0.1) is 0 Å². The number of nitrogens with one attached hydrogen (secondary N) is 2. The van der Waals surface area contributed by atoms with Crippen LogP contribution < -0.4 is 20.2 Å². The predicted molar refractivity (Wildman–Crippen MR) is 156 cm³/mol. The standard InChI is InChI=1S/C32H33N3O5/c1-3-38-30-19-23(17-18-29(30)40-22-26-15-10-14-24-11-8-9-16-27(24)26)21-33-35-31(36)20-28(34-32(37)39-4-2)25-12-6-5-7-13-25/h5-19,21,28H,3-4,20,22H2,1-2H3,(H,34,37)(H,35,36)/b33-21-/t28-/m0/s1. The molecular weight excluding hydrogens is 506 g/mol. The molecule has 4 aromatic rings. The van der Waals surface area contributed by atoms with Crippen molar-refractivity contribution in [2.45, 2.75) is 32.9 Å². The molecule has 0 saturated heterocycles. The van der Waals surface area contributed by atoms with E-state index in [1.54, 1.807) is 6.92 Å². The summed E-state index contributed by atoms with van der Waals surface area (Å²) < 4.78 is 16.9. The molecule has 0 heterocycles. The minimum atomic E-state index is -0.584. The van der Waals surface area contributed by atoms with Gasteiger partial charge in [0, 0.05) is 0 Å². The van der Waals surface area contributed by atoms with Crippen LogP contribution in [-0.2, 0) is 16.1 Å². The van der Waals surface area contributed by atoms with Crippen LogP contribution >= 0.6 is 0 Å². The lowest BCUT2D eigenvalue weighted by atomic mass is 10.0. The molecule has 206 valence electrons. The second kappa shape index (κ2) is 14.3. The lowest BCUT2D eigenvalue weighted by Crippen LogP contribution is -2.33. The molecule has 4 rings (SSSR count). The summed E-state index contributed by atoms with van der Waals surface area (Å²) in [5.74, 6) is 0.842. The molecule has 0 radical (unpaired) electrons. The van der Waals surface area contributed by atoms with Gasteiger partial charge in [-0.05, 0) is 59.5 Å². The van der Waals surface area contributed by atoms with Gasteiger partial charge in [0.05, 0.1) is 31.9 Å². The number of carbonyl (C=O) groups is 2. The topological polar surface area (TPSA) is 98.2 Å². The average molecular weight is 540 g/mol. The Balaban J connectivity index is 1.39. The number of nitrogens with zero attached hydrogens (tertiary/aromatic N) is 1. The summed E-state index contributed by atoms with van der Waals surface area (Å²) in [5.41, 5.74) is 5.13. The van der Waals surface area contributed by atoms with Crippen LogP contribution in [0.2, 0.25) is 0 Å². The normalized spacial score (nSPS) is 11.7. The number of ether oxygens (including phenoxy) is 3. The van der Waals surface area contributed by atoms with E-state index in [0.717, 1.165) is 27.5 Å². The van der Waals surface area contributed by atoms with E-state index < -0.39 is 12.1 Å². The van der Waals surface area contributed by atoms with Crippen LogP contribution in [0.4, 0.5) is 4.79 Å². The number of hydrogen-bond donors (Lipinski definition) is 2. The number of hydrazone groups is 1. The largest absolute Gasteiger partial charge is 0.490 e. The van der Waals surface area contributed by atoms with Gasteiger partial charge in [-0.25, -0.2) is 10.2 Å². The summed E-state index contributed by atoms with van der Waals surface area (Å²) in [7, 11) is 0. The Hall–Kier alpha value is -4.85. The van der Waals surface area contributed by atoms with Crippen molar-refractivity contribution in [2.75, 3.05) is 13.2 Å². The highest BCUT2D eigenvalue weighted by atomic mass is 16.5. The second-order valence-electron chi connectivity index (χ2n) is 8.89. The maximum atomic E-state index is 12.6. The van der Waals surface area contributed by atoms with E-state index in [4.69, 9.17) is 14.2 Å². The van der Waals surface area contributed by atoms with Gasteiger partial charge < -0.3 is 19.5 Å². The van der Waals surface area contributed by atoms with E-state index in [9.17, 15) is 9.59 Å². The van der Waals surface area contributed by atoms with Gasteiger partial charge in [0.1, 0.15) is 6.61 Å². The summed E-state index contributed by atoms with van der Waals surface area (Å²) in [4.78, 5) is 24.6. The molecule has 0 spiro atoms. The summed E-state index contributed by atoms with van der Waals surface area (Å²) in [6.45, 7) is 4.73. The fraction of sp³-hybridized carbons (Fsp3) is 0.219. The average Bonchev–Trinajstić information content (AvgIpc) is 2.97. The van der Waals surface area contributed by atoms with E-state index >= 15 is 0 Å². The maximum absolute atomic E-state index is 12.6. The molecule has 0 bridgehead atoms. The van der Waals surface area contributed by atoms with Crippen LogP contribution in [0, 0.1) is 0 Å². The molecule has 8 nitrogen and oxygen atoms in total. The maximum Gasteiger partial charge on any atom is 0.407 e. The summed E-state index contributed by atoms with van der Waals surface area (Å²) in [6, 6.07) is 28.5. The van der Waals surface area contributed by atoms with Crippen LogP contribution in [0.1, 0.15) is 43.0 Å². The third-order valence-corrected chi connectivity index (χ3v) is 6.09. The summed E-state index contributed by atoms with van der Waals surface area (Å²) >= 11 is 0. The number of carbonyl (C=O) groups excluding carboxylic acids is 2. The van der Waals surface area contributed by atoms with E-state index in [1.807, 2.05) is 73.7 Å². The van der Waals surface area contributed by atoms with Crippen molar-refractivity contribution >= 4 is 29.0 Å². The molecular formula is C32H33N3O5. The second-order valence-corrected chi connectivity index (χ2v) is 8.89. The Morgan fingerprint density at radius 3 is 2.42 bits per heavy atom. The highest BCUT2D eigenvalue weighted by Crippen LogP contribution is 2.30. The lowest BCUT2D eigenvalue weighted by Gasteiger charge is -2.18. The molecule has 8 heteroatoms. The van der Waals surface area contributed by atoms with Gasteiger partial charge in [-0.2, -0.15) is 5.10 Å². The van der Waals surface area contributed by atoms with Crippen LogP contribution in [0.25, 0.3) is 10.8 Å². The Morgan fingerprint density at radius 1 is 0.850 bits per heavy atom. The summed E-state index contributed by atoms with van der Waals surface area (Å²) in [5, 5.41) is 9.14. The van der Waals surface area contributed by atoms with E-state index in [0.29, 0.717) is 24.7 Å². The zero-order chi connectivity index (χ0) is 28.2. The van der Waals surface area contributed by atoms with E-state index in [1.165, 1.54) is 6.21 Å². The zero-order valence-corrected chi connectivity index (χ0v) is 22.6. The molecule has 0 aromatic heterocycles. The van der Waals surface area contributed by atoms with Crippen LogP contribution in [0.15, 0.2) is 96.1 Å². The van der Waals surface area contributed by atoms with E-state index in [2.05, 4.69) is 40.1 Å². The van der Waals surface area contributed by atoms with Gasteiger partial charge in [0.2, 0.25) is 5.91 Å². The van der Waals surface area contributed by atoms with Crippen molar-refractivity contribution in [2.24, 2.45) is 5.10 Å². The van der Waals surface area contributed by atoms with Gasteiger partial charge in [0.15, 0.2) is 11.5 Å². The smallest absolute Gasteiger partial charge is 0.407 e. The fourth-order valence-electron chi connectivity index (χ4n) is 4.23. The van der Waals surface area contributed by atoms with Gasteiger partial charge >= 0.3 is 6.09 Å². The third kappa shape index (κ3) is 7.83. The number of benzene rings is 4. The van der Waals surface area contributed by atoms with Crippen molar-refractivity contribution in [3.05, 3.63) is 108 Å². The Kier molecular flexibility index (Phi) is 10.1. The first-order chi connectivity index (χ1) is 19.6. The van der Waals surface area contributed by atoms with Crippen LogP contribution in [-0.4, -0.2) is 31.4 Å². The first-order valence-corrected chi connectivity index (χ1v) is 13.2. The number of amides is 2. The highest BCUT2D eigenvalue weighted by Gasteiger charge is 2.19. The molecule has 1 atom stereocenters. The zero-order valence-electron chi connectivity index (χ0n) is 22.6. The molecule has 0 unspecified atom stereocenters. The molecule has 0 aliphatic carbocycles. The molecule has 0 aliphatic heterocycles. The SMILES string of the molecule is CCOC(=O)N[C@@H](CC(=O)N/N=C\c1ccc(OCc2cccc3ccccc23)c(OCC)c1)c1ccccc1. The Morgan fingerprint density at radius 2 is 1.62 bits per heavy atom. The van der Waals surface area contributed by atoms with Crippen LogP contribution in [0.3, 0.4) is 0 Å². The van der Waals surface area contributed by atoms with Gasteiger partial charge in [-0.1, -0.05) is 72.8 Å². The van der Waals surface area contributed by atoms with Crippen molar-refractivity contribution in [1.29, 1.82) is 0 Å². The number of hydrogen-bond acceptors (Lipinski definition) is 6. The van der Waals surface area contributed by atoms with Gasteiger partial charge in [0.25, 0.3) is 0 Å². The Bertz CT molecular complexity index is 1450. The quantitative estimate of drug-likeness (QED) is 0.166. The van der Waals surface area contributed by atoms with Crippen LogP contribution in [0.5, 0.6) is 11.5 Å². The number of alkyl carbamates (subject to hydrolysis) is 1. The molecule has 40 heavy (non-hydrogen) atoms. The summed E-state index contributed by atoms with van der Waals surface area (Å²) in [6.07, 6.45) is 0.940. The van der Waals surface area contributed by atoms with Crippen molar-refractivity contribution in [3.8, 4) is 11.5 Å². The highest BCUT2D eigenvalue weighted by molar-refractivity contribution is 5.86.